The van der Waals surface area contributed by atoms with Crippen LogP contribution in [0.5, 0.6) is 5.75 Å². The number of ether oxygens (including phenoxy) is 1. The average Bonchev–Trinajstić information content (AvgIpc) is 3.11. The van der Waals surface area contributed by atoms with Gasteiger partial charge in [-0.25, -0.2) is 26.3 Å². The molecule has 2 N–H and O–H groups in total. The minimum Gasteiger partial charge on any atom is -0.489 e. The van der Waals surface area contributed by atoms with E-state index in [1.54, 1.807) is 0 Å². The molecule has 1 heterocycles. The maximum atomic E-state index is 14.1. The Morgan fingerprint density at radius 2 is 1.78 bits per heavy atom. The lowest BCUT2D eigenvalue weighted by molar-refractivity contribution is -0.118. The molecule has 0 saturated carbocycles. The fourth-order valence-corrected chi connectivity index (χ4v) is 4.00. The number of amides is 2. The van der Waals surface area contributed by atoms with Gasteiger partial charge in [0.2, 0.25) is 5.91 Å². The lowest BCUT2D eigenvalue weighted by Gasteiger charge is -2.19. The Bertz CT molecular complexity index is 1270. The molecule has 2 aromatic carbocycles. The van der Waals surface area contributed by atoms with Crippen molar-refractivity contribution in [3.63, 3.8) is 0 Å². The largest absolute Gasteiger partial charge is 0.511 e. The number of nitrogens with one attached hydrogen (secondary N) is 2. The molecule has 8 nitrogen and oxygen atoms in total. The van der Waals surface area contributed by atoms with Gasteiger partial charge in [0.25, 0.3) is 5.91 Å². The molecule has 3 rings (SSSR count). The number of halogens is 7. The molecule has 1 saturated heterocycles. The maximum absolute atomic E-state index is 14.1. The highest BCUT2D eigenvalue weighted by atomic mass is 35.5. The number of alkyl halides is 3. The summed E-state index contributed by atoms with van der Waals surface area (Å²) in [6.07, 6.45) is -0.0140. The second kappa shape index (κ2) is 10.5. The fourth-order valence-electron chi connectivity index (χ4n) is 3.25. The van der Waals surface area contributed by atoms with Crippen molar-refractivity contribution in [3.8, 4) is 5.75 Å². The second-order valence-electron chi connectivity index (χ2n) is 7.33. The summed E-state index contributed by atoms with van der Waals surface area (Å²) in [5.74, 6) is -5.47. The van der Waals surface area contributed by atoms with Gasteiger partial charge < -0.3 is 15.0 Å². The Balaban J connectivity index is 1.67. The van der Waals surface area contributed by atoms with Gasteiger partial charge in [0.1, 0.15) is 30.0 Å². The van der Waals surface area contributed by atoms with Crippen LogP contribution in [0.4, 0.5) is 32.0 Å². The van der Waals surface area contributed by atoms with Gasteiger partial charge in [0.05, 0.1) is 10.6 Å². The third kappa shape index (κ3) is 5.84. The van der Waals surface area contributed by atoms with Crippen molar-refractivity contribution < 1.29 is 49.1 Å². The fraction of sp³-hybridized carbons (Fsp3) is 0.300. The molecule has 0 spiro atoms. The summed E-state index contributed by atoms with van der Waals surface area (Å²) in [5, 5.41) is 1.92. The molecule has 1 aliphatic rings. The number of sulfonamides is 1. The summed E-state index contributed by atoms with van der Waals surface area (Å²) < 4.78 is 107. The zero-order chi connectivity index (χ0) is 26.8. The number of para-hydroxylation sites is 1. The molecule has 1 atom stereocenters. The number of rotatable bonds is 8. The summed E-state index contributed by atoms with van der Waals surface area (Å²) in [6, 6.07) is 3.33. The molecule has 2 amide bonds. The first-order chi connectivity index (χ1) is 16.7. The van der Waals surface area contributed by atoms with Crippen LogP contribution in [0.2, 0.25) is 5.02 Å². The molecular weight excluding hydrogens is 544 g/mol. The van der Waals surface area contributed by atoms with E-state index in [9.17, 15) is 44.3 Å². The topological polar surface area (TPSA) is 105 Å². The monoisotopic (exact) mass is 559 g/mol. The molecule has 1 aliphatic heterocycles. The molecule has 16 heteroatoms. The molecular formula is C20H16ClF6N3O5S. The molecule has 0 aromatic heterocycles. The minimum absolute atomic E-state index is 0.0140. The Labute approximate surface area is 205 Å². The smallest absolute Gasteiger partial charge is 0.489 e. The number of hydrogen-bond acceptors (Lipinski definition) is 5. The van der Waals surface area contributed by atoms with E-state index in [0.29, 0.717) is 6.07 Å². The van der Waals surface area contributed by atoms with Crippen molar-refractivity contribution in [3.05, 3.63) is 58.4 Å². The van der Waals surface area contributed by atoms with Crippen LogP contribution < -0.4 is 19.7 Å². The van der Waals surface area contributed by atoms with E-state index in [1.165, 1.54) is 4.72 Å². The Kier molecular flexibility index (Phi) is 8.05. The van der Waals surface area contributed by atoms with Crippen molar-refractivity contribution in [1.29, 1.82) is 0 Å². The molecule has 36 heavy (non-hydrogen) atoms. The molecule has 2 aromatic rings. The van der Waals surface area contributed by atoms with Gasteiger partial charge in [-0.15, -0.1) is 0 Å². The van der Waals surface area contributed by atoms with Crippen LogP contribution in [-0.2, 0) is 14.8 Å². The minimum atomic E-state index is -5.63. The number of benzene rings is 2. The van der Waals surface area contributed by atoms with Gasteiger partial charge >= 0.3 is 15.5 Å². The first-order valence-corrected chi connectivity index (χ1v) is 11.8. The van der Waals surface area contributed by atoms with Crippen molar-refractivity contribution >= 4 is 39.1 Å². The molecule has 1 unspecified atom stereocenters. The third-order valence-electron chi connectivity index (χ3n) is 4.94. The average molecular weight is 560 g/mol. The first-order valence-electron chi connectivity index (χ1n) is 9.97. The molecule has 196 valence electrons. The Morgan fingerprint density at radius 1 is 1.14 bits per heavy atom. The maximum Gasteiger partial charge on any atom is 0.511 e. The lowest BCUT2D eigenvalue weighted by Crippen LogP contribution is -2.42. The highest BCUT2D eigenvalue weighted by molar-refractivity contribution is 7.90. The van der Waals surface area contributed by atoms with Crippen LogP contribution >= 0.6 is 11.6 Å². The van der Waals surface area contributed by atoms with Crippen LogP contribution in [0.15, 0.2) is 30.3 Å². The molecule has 0 radical (unpaired) electrons. The van der Waals surface area contributed by atoms with Crippen molar-refractivity contribution in [2.45, 2.75) is 18.0 Å². The van der Waals surface area contributed by atoms with Crippen LogP contribution in [0.3, 0.4) is 0 Å². The van der Waals surface area contributed by atoms with Crippen LogP contribution in [0, 0.1) is 17.5 Å². The number of carbonyl (C=O) groups is 2. The number of carbonyl (C=O) groups excluding carboxylic acids is 2. The molecule has 0 aliphatic carbocycles. The van der Waals surface area contributed by atoms with Gasteiger partial charge in [0.15, 0.2) is 11.6 Å². The van der Waals surface area contributed by atoms with E-state index in [1.807, 2.05) is 0 Å². The van der Waals surface area contributed by atoms with E-state index >= 15 is 0 Å². The number of nitrogens with zero attached hydrogens (tertiary/aromatic N) is 1. The summed E-state index contributed by atoms with van der Waals surface area (Å²) in [6.45, 7) is -1.72. The summed E-state index contributed by atoms with van der Waals surface area (Å²) >= 11 is 5.89. The van der Waals surface area contributed by atoms with E-state index < -0.39 is 80.5 Å². The summed E-state index contributed by atoms with van der Waals surface area (Å²) in [7, 11) is -5.63. The first kappa shape index (κ1) is 27.5. The number of anilines is 1. The predicted molar refractivity (Wildman–Crippen MR) is 114 cm³/mol. The second-order valence-corrected chi connectivity index (χ2v) is 9.49. The predicted octanol–water partition coefficient (Wildman–Crippen LogP) is 3.11. The van der Waals surface area contributed by atoms with Crippen LogP contribution in [-0.4, -0.2) is 51.5 Å². The number of hydrogen-bond donors (Lipinski definition) is 2. The van der Waals surface area contributed by atoms with Gasteiger partial charge in [-0.05, 0) is 30.7 Å². The van der Waals surface area contributed by atoms with E-state index in [-0.39, 0.29) is 18.5 Å². The Hall–Kier alpha value is -3.04. The quantitative estimate of drug-likeness (QED) is 0.382. The van der Waals surface area contributed by atoms with Crippen LogP contribution in [0.25, 0.3) is 0 Å². The zero-order valence-electron chi connectivity index (χ0n) is 17.8. The standard InChI is InChI=1S/C20H16ClF6N3O5S/c21-11-9-14(24)16(35-7-5-28-36(33,34)20(25,26)27)8-10(11)18(31)29-15-4-6-30(19(15)32)17-12(22)2-1-3-13(17)23/h1-3,8-9,15,28H,4-7H2,(H,29,31). The van der Waals surface area contributed by atoms with Crippen molar-refractivity contribution in [1.82, 2.24) is 10.0 Å². The van der Waals surface area contributed by atoms with Gasteiger partial charge in [-0.3, -0.25) is 9.59 Å². The van der Waals surface area contributed by atoms with Crippen molar-refractivity contribution in [2.75, 3.05) is 24.6 Å². The summed E-state index contributed by atoms with van der Waals surface area (Å²) in [4.78, 5) is 26.1. The Morgan fingerprint density at radius 3 is 2.39 bits per heavy atom. The van der Waals surface area contributed by atoms with E-state index in [2.05, 4.69) is 5.32 Å². The zero-order valence-corrected chi connectivity index (χ0v) is 19.4. The van der Waals surface area contributed by atoms with E-state index in [4.69, 9.17) is 16.3 Å². The van der Waals surface area contributed by atoms with Crippen LogP contribution in [0.1, 0.15) is 16.8 Å². The normalized spacial score (nSPS) is 16.4. The summed E-state index contributed by atoms with van der Waals surface area (Å²) in [5.41, 5.74) is -6.50. The highest BCUT2D eigenvalue weighted by Crippen LogP contribution is 2.29. The highest BCUT2D eigenvalue weighted by Gasteiger charge is 2.45. The van der Waals surface area contributed by atoms with E-state index in [0.717, 1.165) is 29.2 Å². The van der Waals surface area contributed by atoms with Gasteiger partial charge in [-0.1, -0.05) is 17.7 Å². The van der Waals surface area contributed by atoms with Crippen molar-refractivity contribution in [2.24, 2.45) is 0 Å². The lowest BCUT2D eigenvalue weighted by atomic mass is 10.1. The van der Waals surface area contributed by atoms with Gasteiger partial charge in [0, 0.05) is 13.1 Å². The molecule has 0 bridgehead atoms. The third-order valence-corrected chi connectivity index (χ3v) is 6.45. The SMILES string of the molecule is O=C(NC1CCN(c2c(F)cccc2F)C1=O)c1cc(OCCNS(=O)(=O)C(F)(F)F)c(F)cc1Cl. The molecule has 1 fully saturated rings. The van der Waals surface area contributed by atoms with Gasteiger partial charge in [-0.2, -0.15) is 13.2 Å².